The average molecular weight is 465 g/mol. The highest BCUT2D eigenvalue weighted by Gasteiger charge is 2.30. The lowest BCUT2D eigenvalue weighted by atomic mass is 10.2. The number of nitrogens with one attached hydrogen (secondary N) is 2. The Morgan fingerprint density at radius 3 is 2.55 bits per heavy atom. The minimum absolute atomic E-state index is 0.0874. The van der Waals surface area contributed by atoms with Crippen LogP contribution in [0.4, 0.5) is 29.5 Å². The van der Waals surface area contributed by atoms with Gasteiger partial charge < -0.3 is 25.4 Å². The summed E-state index contributed by atoms with van der Waals surface area (Å²) < 4.78 is 45.4. The molecule has 0 atom stereocenters. The van der Waals surface area contributed by atoms with Gasteiger partial charge in [0.25, 0.3) is 0 Å². The summed E-state index contributed by atoms with van der Waals surface area (Å²) in [6.07, 6.45) is -3.10. The smallest absolute Gasteiger partial charge is 0.395 e. The van der Waals surface area contributed by atoms with E-state index in [2.05, 4.69) is 25.7 Å². The molecule has 3 N–H and O–H groups in total. The molecule has 1 saturated heterocycles. The Bertz CT molecular complexity index is 1110. The van der Waals surface area contributed by atoms with E-state index in [1.807, 2.05) is 4.90 Å². The molecule has 0 bridgehead atoms. The van der Waals surface area contributed by atoms with Crippen molar-refractivity contribution in [1.29, 1.82) is 0 Å². The predicted octanol–water partition coefficient (Wildman–Crippen LogP) is 2.01. The number of benzene rings is 1. The number of carbonyl (C=O) groups excluding carboxylic acids is 1. The van der Waals surface area contributed by atoms with Gasteiger partial charge in [0.2, 0.25) is 0 Å². The van der Waals surface area contributed by atoms with Crippen molar-refractivity contribution in [2.75, 3.05) is 49.7 Å². The summed E-state index contributed by atoms with van der Waals surface area (Å²) in [6.45, 7) is 0.730. The van der Waals surface area contributed by atoms with Crippen molar-refractivity contribution in [3.05, 3.63) is 30.5 Å². The van der Waals surface area contributed by atoms with Crippen molar-refractivity contribution >= 4 is 28.6 Å². The number of amides is 2. The van der Waals surface area contributed by atoms with Gasteiger partial charge in [0.05, 0.1) is 31.4 Å². The summed E-state index contributed by atoms with van der Waals surface area (Å²) >= 11 is 0. The van der Waals surface area contributed by atoms with Crippen LogP contribution in [-0.2, 0) is 11.3 Å². The highest BCUT2D eigenvalue weighted by molar-refractivity contribution is 5.90. The van der Waals surface area contributed by atoms with Crippen molar-refractivity contribution in [2.45, 2.75) is 12.7 Å². The topological polar surface area (TPSA) is 117 Å². The molecule has 33 heavy (non-hydrogen) atoms. The number of morpholine rings is 1. The van der Waals surface area contributed by atoms with Crippen LogP contribution < -0.4 is 15.5 Å². The molecule has 13 heteroatoms. The summed E-state index contributed by atoms with van der Waals surface area (Å²) in [6, 6.07) is 6.11. The van der Waals surface area contributed by atoms with Crippen LogP contribution in [0.1, 0.15) is 0 Å². The fourth-order valence-electron chi connectivity index (χ4n) is 3.42. The Balaban J connectivity index is 1.69. The molecule has 0 radical (unpaired) electrons. The SMILES string of the molecule is O=C(NCCO)Nc1ccc(-c2nc(N3CCOCC3)c3cnn(CC(F)(F)F)c3n2)cc1. The fourth-order valence-corrected chi connectivity index (χ4v) is 3.42. The van der Waals surface area contributed by atoms with E-state index in [0.29, 0.717) is 48.8 Å². The second kappa shape index (κ2) is 9.58. The minimum Gasteiger partial charge on any atom is -0.395 e. The van der Waals surface area contributed by atoms with Crippen molar-refractivity contribution in [3.63, 3.8) is 0 Å². The first-order valence-corrected chi connectivity index (χ1v) is 10.2. The monoisotopic (exact) mass is 465 g/mol. The standard InChI is InChI=1S/C20H22F3N7O3/c21-20(22,23)12-30-18-15(11-25-30)17(29-6-9-33-10-7-29)27-16(28-18)13-1-3-14(4-2-13)26-19(32)24-5-8-31/h1-4,11,31H,5-10,12H2,(H2,24,26,32). The van der Waals surface area contributed by atoms with Gasteiger partial charge in [-0.3, -0.25) is 0 Å². The number of nitrogens with zero attached hydrogens (tertiary/aromatic N) is 5. The normalized spacial score (nSPS) is 14.5. The van der Waals surface area contributed by atoms with E-state index in [1.165, 1.54) is 6.20 Å². The maximum atomic E-state index is 13.1. The van der Waals surface area contributed by atoms with E-state index in [1.54, 1.807) is 24.3 Å². The van der Waals surface area contributed by atoms with E-state index in [4.69, 9.17) is 9.84 Å². The maximum absolute atomic E-state index is 13.1. The van der Waals surface area contributed by atoms with Gasteiger partial charge in [-0.1, -0.05) is 0 Å². The van der Waals surface area contributed by atoms with E-state index >= 15 is 0 Å². The molecule has 2 aromatic heterocycles. The third-order valence-electron chi connectivity index (χ3n) is 4.91. The number of aliphatic hydroxyl groups is 1. The molecule has 3 heterocycles. The second-order valence-corrected chi connectivity index (χ2v) is 7.31. The number of hydrogen-bond donors (Lipinski definition) is 3. The second-order valence-electron chi connectivity index (χ2n) is 7.31. The molecule has 1 aliphatic rings. The van der Waals surface area contributed by atoms with Crippen LogP contribution in [0.5, 0.6) is 0 Å². The molecule has 0 aliphatic carbocycles. The molecule has 10 nitrogen and oxygen atoms in total. The number of anilines is 2. The Labute approximate surface area is 186 Å². The molecule has 0 unspecified atom stereocenters. The minimum atomic E-state index is -4.45. The van der Waals surface area contributed by atoms with E-state index < -0.39 is 18.8 Å². The molecular formula is C20H22F3N7O3. The number of halogens is 3. The first kappa shape index (κ1) is 22.7. The largest absolute Gasteiger partial charge is 0.408 e. The quantitative estimate of drug-likeness (QED) is 0.510. The summed E-state index contributed by atoms with van der Waals surface area (Å²) in [5.41, 5.74) is 1.14. The zero-order valence-electron chi connectivity index (χ0n) is 17.5. The van der Waals surface area contributed by atoms with Crippen LogP contribution in [0.2, 0.25) is 0 Å². The van der Waals surface area contributed by atoms with Gasteiger partial charge in [-0.25, -0.2) is 19.4 Å². The van der Waals surface area contributed by atoms with Crippen LogP contribution in [-0.4, -0.2) is 76.5 Å². The van der Waals surface area contributed by atoms with Gasteiger partial charge in [0, 0.05) is 30.9 Å². The number of rotatable bonds is 6. The first-order valence-electron chi connectivity index (χ1n) is 10.2. The highest BCUT2D eigenvalue weighted by Crippen LogP contribution is 2.30. The van der Waals surface area contributed by atoms with Crippen molar-refractivity contribution in [3.8, 4) is 11.4 Å². The maximum Gasteiger partial charge on any atom is 0.408 e. The van der Waals surface area contributed by atoms with Crippen LogP contribution in [0.3, 0.4) is 0 Å². The number of ether oxygens (including phenoxy) is 1. The van der Waals surface area contributed by atoms with Gasteiger partial charge in [0.15, 0.2) is 11.5 Å². The Morgan fingerprint density at radius 1 is 1.15 bits per heavy atom. The number of fused-ring (bicyclic) bond motifs is 1. The van der Waals surface area contributed by atoms with Crippen LogP contribution >= 0.6 is 0 Å². The Hall–Kier alpha value is -3.45. The predicted molar refractivity (Wildman–Crippen MR) is 114 cm³/mol. The average Bonchev–Trinajstić information content (AvgIpc) is 3.19. The van der Waals surface area contributed by atoms with Crippen molar-refractivity contribution in [2.24, 2.45) is 0 Å². The first-order chi connectivity index (χ1) is 15.8. The fraction of sp³-hybridized carbons (Fsp3) is 0.400. The van der Waals surface area contributed by atoms with E-state index in [9.17, 15) is 18.0 Å². The third-order valence-corrected chi connectivity index (χ3v) is 4.91. The number of carbonyl (C=O) groups is 1. The molecule has 1 fully saturated rings. The van der Waals surface area contributed by atoms with Gasteiger partial charge in [0.1, 0.15) is 12.4 Å². The number of hydrogen-bond acceptors (Lipinski definition) is 7. The summed E-state index contributed by atoms with van der Waals surface area (Å²) in [5.74, 6) is 0.738. The lowest BCUT2D eigenvalue weighted by Gasteiger charge is -2.28. The molecule has 0 saturated carbocycles. The zero-order valence-corrected chi connectivity index (χ0v) is 17.5. The molecule has 1 aliphatic heterocycles. The van der Waals surface area contributed by atoms with Crippen LogP contribution in [0.15, 0.2) is 30.5 Å². The molecule has 0 spiro atoms. The van der Waals surface area contributed by atoms with Crippen molar-refractivity contribution in [1.82, 2.24) is 25.1 Å². The van der Waals surface area contributed by atoms with Gasteiger partial charge >= 0.3 is 12.2 Å². The van der Waals surface area contributed by atoms with Gasteiger partial charge in [-0.15, -0.1) is 0 Å². The summed E-state index contributed by atoms with van der Waals surface area (Å²) in [4.78, 5) is 22.7. The van der Waals surface area contributed by atoms with Gasteiger partial charge in [-0.05, 0) is 24.3 Å². The zero-order chi connectivity index (χ0) is 23.4. The van der Waals surface area contributed by atoms with Gasteiger partial charge in [-0.2, -0.15) is 18.3 Å². The molecule has 3 aromatic rings. The molecule has 176 valence electrons. The number of aliphatic hydroxyl groups excluding tert-OH is 1. The summed E-state index contributed by atoms with van der Waals surface area (Å²) in [7, 11) is 0. The molecule has 2 amide bonds. The van der Waals surface area contributed by atoms with Crippen LogP contribution in [0, 0.1) is 0 Å². The third kappa shape index (κ3) is 5.49. The number of aromatic nitrogens is 4. The molecule has 1 aromatic carbocycles. The number of alkyl halides is 3. The summed E-state index contributed by atoms with van der Waals surface area (Å²) in [5, 5.41) is 18.2. The number of urea groups is 1. The lowest BCUT2D eigenvalue weighted by molar-refractivity contribution is -0.141. The highest BCUT2D eigenvalue weighted by atomic mass is 19.4. The molecular weight excluding hydrogens is 443 g/mol. The lowest BCUT2D eigenvalue weighted by Crippen LogP contribution is -2.37. The van der Waals surface area contributed by atoms with Crippen molar-refractivity contribution < 1.29 is 27.8 Å². The Kier molecular flexibility index (Phi) is 6.60. The van der Waals surface area contributed by atoms with E-state index in [-0.39, 0.29) is 24.6 Å². The van der Waals surface area contributed by atoms with E-state index in [0.717, 1.165) is 4.68 Å². The molecule has 4 rings (SSSR count). The van der Waals surface area contributed by atoms with Crippen LogP contribution in [0.25, 0.3) is 22.4 Å². The Morgan fingerprint density at radius 2 is 1.88 bits per heavy atom.